The Balaban J connectivity index is 2.18. The van der Waals surface area contributed by atoms with Crippen molar-refractivity contribution in [2.24, 2.45) is 16.8 Å². The van der Waals surface area contributed by atoms with Crippen LogP contribution in [0.5, 0.6) is 0 Å². The SMILES string of the molecule is CC(C)CN(C)CC(C)CNC1=NCCC=C1. The van der Waals surface area contributed by atoms with Gasteiger partial charge in [0.25, 0.3) is 0 Å². The molecule has 17 heavy (non-hydrogen) atoms. The van der Waals surface area contributed by atoms with Crippen molar-refractivity contribution in [1.29, 1.82) is 0 Å². The van der Waals surface area contributed by atoms with Crippen LogP contribution in [-0.4, -0.2) is 44.0 Å². The Hall–Kier alpha value is -0.830. The minimum absolute atomic E-state index is 0.650. The molecular formula is C14H27N3. The van der Waals surface area contributed by atoms with Crippen LogP contribution in [0.3, 0.4) is 0 Å². The molecule has 1 heterocycles. The van der Waals surface area contributed by atoms with Gasteiger partial charge in [0.15, 0.2) is 0 Å². The third kappa shape index (κ3) is 6.47. The Morgan fingerprint density at radius 3 is 2.71 bits per heavy atom. The zero-order chi connectivity index (χ0) is 12.7. The van der Waals surface area contributed by atoms with Crippen molar-refractivity contribution in [1.82, 2.24) is 10.2 Å². The first-order valence-corrected chi connectivity index (χ1v) is 6.71. The van der Waals surface area contributed by atoms with E-state index in [2.05, 4.69) is 55.2 Å². The molecule has 3 nitrogen and oxygen atoms in total. The van der Waals surface area contributed by atoms with Crippen molar-refractivity contribution in [3.8, 4) is 0 Å². The maximum atomic E-state index is 4.43. The fraction of sp³-hybridized carbons (Fsp3) is 0.786. The molecule has 1 N–H and O–H groups in total. The molecule has 1 unspecified atom stereocenters. The van der Waals surface area contributed by atoms with Gasteiger partial charge in [0.05, 0.1) is 0 Å². The van der Waals surface area contributed by atoms with E-state index in [1.165, 1.54) is 6.54 Å². The topological polar surface area (TPSA) is 27.6 Å². The first-order chi connectivity index (χ1) is 8.08. The summed E-state index contributed by atoms with van der Waals surface area (Å²) in [5.74, 6) is 2.44. The number of hydrogen-bond donors (Lipinski definition) is 1. The quantitative estimate of drug-likeness (QED) is 0.766. The number of aliphatic imine (C=N–C) groups is 1. The highest BCUT2D eigenvalue weighted by molar-refractivity contribution is 5.93. The molecule has 0 aliphatic carbocycles. The molecule has 0 fully saturated rings. The van der Waals surface area contributed by atoms with Gasteiger partial charge in [-0.25, -0.2) is 0 Å². The molecule has 1 aliphatic rings. The summed E-state index contributed by atoms with van der Waals surface area (Å²) in [6.45, 7) is 11.1. The molecule has 0 bridgehead atoms. The molecule has 0 aromatic heterocycles. The lowest BCUT2D eigenvalue weighted by Crippen LogP contribution is -2.35. The second-order valence-electron chi connectivity index (χ2n) is 5.56. The monoisotopic (exact) mass is 237 g/mol. The summed E-state index contributed by atoms with van der Waals surface area (Å²) >= 11 is 0. The normalized spacial score (nSPS) is 17.4. The predicted molar refractivity (Wildman–Crippen MR) is 75.6 cm³/mol. The number of amidine groups is 1. The van der Waals surface area contributed by atoms with Gasteiger partial charge in [-0.05, 0) is 31.4 Å². The highest BCUT2D eigenvalue weighted by Crippen LogP contribution is 2.02. The lowest BCUT2D eigenvalue weighted by molar-refractivity contribution is 0.258. The molecular weight excluding hydrogens is 210 g/mol. The Bertz CT molecular complexity index is 269. The molecule has 0 radical (unpaired) electrons. The molecule has 1 rings (SSSR count). The Morgan fingerprint density at radius 2 is 2.12 bits per heavy atom. The zero-order valence-corrected chi connectivity index (χ0v) is 11.7. The van der Waals surface area contributed by atoms with E-state index >= 15 is 0 Å². The van der Waals surface area contributed by atoms with Gasteiger partial charge in [0.1, 0.15) is 5.84 Å². The molecule has 0 spiro atoms. The van der Waals surface area contributed by atoms with Gasteiger partial charge in [-0.2, -0.15) is 0 Å². The van der Waals surface area contributed by atoms with Gasteiger partial charge in [-0.3, -0.25) is 4.99 Å². The summed E-state index contributed by atoms with van der Waals surface area (Å²) in [6.07, 6.45) is 5.36. The van der Waals surface area contributed by atoms with Crippen molar-refractivity contribution in [2.75, 3.05) is 33.2 Å². The molecule has 0 saturated carbocycles. The van der Waals surface area contributed by atoms with E-state index in [-0.39, 0.29) is 0 Å². The van der Waals surface area contributed by atoms with Crippen LogP contribution >= 0.6 is 0 Å². The highest BCUT2D eigenvalue weighted by Gasteiger charge is 2.08. The average Bonchev–Trinajstić information content (AvgIpc) is 2.26. The summed E-state index contributed by atoms with van der Waals surface area (Å²) in [4.78, 5) is 6.85. The lowest BCUT2D eigenvalue weighted by Gasteiger charge is -2.23. The zero-order valence-electron chi connectivity index (χ0n) is 11.7. The van der Waals surface area contributed by atoms with Crippen LogP contribution in [0.25, 0.3) is 0 Å². The van der Waals surface area contributed by atoms with E-state index < -0.39 is 0 Å². The number of dihydropyridines is 1. The van der Waals surface area contributed by atoms with Gasteiger partial charge in [0, 0.05) is 26.2 Å². The van der Waals surface area contributed by atoms with Gasteiger partial charge in [0.2, 0.25) is 0 Å². The first-order valence-electron chi connectivity index (χ1n) is 6.71. The van der Waals surface area contributed by atoms with Crippen molar-refractivity contribution < 1.29 is 0 Å². The summed E-state index contributed by atoms with van der Waals surface area (Å²) in [5, 5.41) is 3.42. The standard InChI is InChI=1S/C14H27N3/c1-12(2)10-17(4)11-13(3)9-16-14-7-5-6-8-15-14/h5,7,12-13H,6,8-11H2,1-4H3,(H,15,16). The van der Waals surface area contributed by atoms with Gasteiger partial charge >= 0.3 is 0 Å². The molecule has 0 amide bonds. The number of nitrogens with zero attached hydrogens (tertiary/aromatic N) is 2. The van der Waals surface area contributed by atoms with Crippen LogP contribution in [0, 0.1) is 11.8 Å². The summed E-state index contributed by atoms with van der Waals surface area (Å²) < 4.78 is 0. The van der Waals surface area contributed by atoms with Crippen LogP contribution in [0.4, 0.5) is 0 Å². The molecule has 3 heteroatoms. The van der Waals surface area contributed by atoms with E-state index in [0.717, 1.165) is 37.8 Å². The van der Waals surface area contributed by atoms with Crippen LogP contribution in [0.1, 0.15) is 27.2 Å². The van der Waals surface area contributed by atoms with E-state index in [9.17, 15) is 0 Å². The maximum absolute atomic E-state index is 4.43. The first kappa shape index (κ1) is 14.2. The van der Waals surface area contributed by atoms with Gasteiger partial charge in [-0.15, -0.1) is 0 Å². The van der Waals surface area contributed by atoms with E-state index in [4.69, 9.17) is 0 Å². The van der Waals surface area contributed by atoms with Crippen LogP contribution < -0.4 is 5.32 Å². The summed E-state index contributed by atoms with van der Waals surface area (Å²) in [5.41, 5.74) is 0. The number of hydrogen-bond acceptors (Lipinski definition) is 3. The highest BCUT2D eigenvalue weighted by atomic mass is 15.1. The number of nitrogens with one attached hydrogen (secondary N) is 1. The Morgan fingerprint density at radius 1 is 1.35 bits per heavy atom. The molecule has 98 valence electrons. The molecule has 0 aromatic rings. The second kappa shape index (κ2) is 7.49. The third-order valence-corrected chi connectivity index (χ3v) is 2.79. The van der Waals surface area contributed by atoms with Crippen LogP contribution in [0.15, 0.2) is 17.1 Å². The Labute approximate surface area is 106 Å². The lowest BCUT2D eigenvalue weighted by atomic mass is 10.1. The van der Waals surface area contributed by atoms with Crippen molar-refractivity contribution in [3.05, 3.63) is 12.2 Å². The summed E-state index contributed by atoms with van der Waals surface area (Å²) in [6, 6.07) is 0. The molecule has 0 saturated heterocycles. The predicted octanol–water partition coefficient (Wildman–Crippen LogP) is 2.16. The average molecular weight is 237 g/mol. The van der Waals surface area contributed by atoms with Crippen molar-refractivity contribution in [3.63, 3.8) is 0 Å². The molecule has 1 atom stereocenters. The van der Waals surface area contributed by atoms with Crippen molar-refractivity contribution in [2.45, 2.75) is 27.2 Å². The fourth-order valence-corrected chi connectivity index (χ4v) is 2.20. The third-order valence-electron chi connectivity index (χ3n) is 2.79. The van der Waals surface area contributed by atoms with Gasteiger partial charge in [-0.1, -0.05) is 26.8 Å². The minimum atomic E-state index is 0.650. The van der Waals surface area contributed by atoms with E-state index in [1.54, 1.807) is 0 Å². The second-order valence-corrected chi connectivity index (χ2v) is 5.56. The number of rotatable bonds is 6. The Kier molecular flexibility index (Phi) is 6.27. The summed E-state index contributed by atoms with van der Waals surface area (Å²) in [7, 11) is 2.20. The largest absolute Gasteiger partial charge is 0.370 e. The maximum Gasteiger partial charge on any atom is 0.120 e. The van der Waals surface area contributed by atoms with E-state index in [1.807, 2.05) is 0 Å². The molecule has 0 aromatic carbocycles. The van der Waals surface area contributed by atoms with Crippen LogP contribution in [0.2, 0.25) is 0 Å². The smallest absolute Gasteiger partial charge is 0.120 e. The van der Waals surface area contributed by atoms with E-state index in [0.29, 0.717) is 5.92 Å². The van der Waals surface area contributed by atoms with Crippen molar-refractivity contribution >= 4 is 5.84 Å². The van der Waals surface area contributed by atoms with Gasteiger partial charge < -0.3 is 10.2 Å². The van der Waals surface area contributed by atoms with Crippen LogP contribution in [-0.2, 0) is 0 Å². The minimum Gasteiger partial charge on any atom is -0.370 e. The fourth-order valence-electron chi connectivity index (χ4n) is 2.20. The molecule has 1 aliphatic heterocycles.